The van der Waals surface area contributed by atoms with Gasteiger partial charge in [0, 0.05) is 0 Å². The summed E-state index contributed by atoms with van der Waals surface area (Å²) in [6.45, 7) is 0.729. The number of furan rings is 1. The molecular weight excluding hydrogens is 384 g/mol. The summed E-state index contributed by atoms with van der Waals surface area (Å²) >= 11 is 0. The van der Waals surface area contributed by atoms with Crippen molar-refractivity contribution in [1.82, 2.24) is 14.8 Å². The number of para-hydroxylation sites is 2. The molecule has 0 fully saturated rings. The molecule has 2 heterocycles. The minimum absolute atomic E-state index is 0.146. The number of benzene rings is 2. The first-order valence-corrected chi connectivity index (χ1v) is 9.30. The number of hydrogen-bond acceptors (Lipinski definition) is 6. The van der Waals surface area contributed by atoms with Crippen LogP contribution in [0, 0.1) is 0 Å². The van der Waals surface area contributed by atoms with Crippen molar-refractivity contribution in [3.8, 4) is 11.5 Å². The molecule has 0 aliphatic carbocycles. The summed E-state index contributed by atoms with van der Waals surface area (Å²) in [5.41, 5.74) is 1.09. The summed E-state index contributed by atoms with van der Waals surface area (Å²) in [7, 11) is 1.58. The zero-order valence-electron chi connectivity index (χ0n) is 16.3. The Morgan fingerprint density at radius 1 is 1.03 bits per heavy atom. The molecular formula is C22H20N4O4. The van der Waals surface area contributed by atoms with Gasteiger partial charge in [0.2, 0.25) is 5.95 Å². The number of rotatable bonds is 8. The first kappa shape index (κ1) is 19.3. The molecule has 2 aromatic heterocycles. The molecule has 8 heteroatoms. The van der Waals surface area contributed by atoms with Gasteiger partial charge in [-0.1, -0.05) is 42.5 Å². The number of carbonyl (C=O) groups is 1. The van der Waals surface area contributed by atoms with Gasteiger partial charge in [-0.05, 0) is 29.8 Å². The normalized spacial score (nSPS) is 10.6. The number of nitrogens with zero attached hydrogens (tertiary/aromatic N) is 3. The van der Waals surface area contributed by atoms with E-state index in [0.717, 1.165) is 5.56 Å². The first-order valence-electron chi connectivity index (χ1n) is 9.30. The third-order valence-electron chi connectivity index (χ3n) is 4.27. The van der Waals surface area contributed by atoms with Crippen molar-refractivity contribution < 1.29 is 18.7 Å². The summed E-state index contributed by atoms with van der Waals surface area (Å²) in [6, 6.07) is 20.4. The van der Waals surface area contributed by atoms with Crippen LogP contribution in [0.4, 0.5) is 5.95 Å². The number of nitrogens with one attached hydrogen (secondary N) is 1. The fourth-order valence-electron chi connectivity index (χ4n) is 2.83. The Balaban J connectivity index is 1.34. The van der Waals surface area contributed by atoms with Gasteiger partial charge < -0.3 is 13.9 Å². The van der Waals surface area contributed by atoms with Crippen molar-refractivity contribution in [3.63, 3.8) is 0 Å². The van der Waals surface area contributed by atoms with E-state index in [1.807, 2.05) is 42.5 Å². The predicted octanol–water partition coefficient (Wildman–Crippen LogP) is 3.76. The Labute approximate surface area is 173 Å². The Hall–Kier alpha value is -4.07. The van der Waals surface area contributed by atoms with Crippen LogP contribution in [0.15, 0.2) is 77.5 Å². The van der Waals surface area contributed by atoms with E-state index in [9.17, 15) is 4.79 Å². The fourth-order valence-corrected chi connectivity index (χ4v) is 2.83. The van der Waals surface area contributed by atoms with Crippen molar-refractivity contribution in [2.45, 2.75) is 13.2 Å². The van der Waals surface area contributed by atoms with Crippen molar-refractivity contribution >= 4 is 11.9 Å². The van der Waals surface area contributed by atoms with Crippen LogP contribution in [0.3, 0.4) is 0 Å². The van der Waals surface area contributed by atoms with Crippen molar-refractivity contribution in [1.29, 1.82) is 0 Å². The molecule has 4 rings (SSSR count). The van der Waals surface area contributed by atoms with E-state index in [-0.39, 0.29) is 18.3 Å². The van der Waals surface area contributed by atoms with Gasteiger partial charge in [0.05, 0.1) is 13.7 Å². The van der Waals surface area contributed by atoms with E-state index >= 15 is 0 Å². The summed E-state index contributed by atoms with van der Waals surface area (Å²) < 4.78 is 18.2. The highest BCUT2D eigenvalue weighted by atomic mass is 16.5. The van der Waals surface area contributed by atoms with Gasteiger partial charge in [-0.15, -0.1) is 5.10 Å². The molecule has 0 spiro atoms. The molecule has 8 nitrogen and oxygen atoms in total. The second-order valence-electron chi connectivity index (χ2n) is 6.41. The highest BCUT2D eigenvalue weighted by molar-refractivity contribution is 6.01. The smallest absolute Gasteiger partial charge is 0.293 e. The third kappa shape index (κ3) is 4.67. The second kappa shape index (κ2) is 8.95. The van der Waals surface area contributed by atoms with Crippen LogP contribution in [0.5, 0.6) is 11.5 Å². The number of aromatic nitrogens is 3. The molecule has 0 aliphatic heterocycles. The van der Waals surface area contributed by atoms with Gasteiger partial charge >= 0.3 is 0 Å². The summed E-state index contributed by atoms with van der Waals surface area (Å²) in [5.74, 6) is 1.64. The number of amides is 1. The van der Waals surface area contributed by atoms with Crippen LogP contribution in [0.25, 0.3) is 0 Å². The SMILES string of the molecule is COc1ccccc1OCc1ccc(C(=O)Nc2ncn(Cc3ccccc3)n2)o1. The molecule has 4 aromatic rings. The summed E-state index contributed by atoms with van der Waals surface area (Å²) in [6.07, 6.45) is 1.57. The summed E-state index contributed by atoms with van der Waals surface area (Å²) in [5, 5.41) is 6.90. The van der Waals surface area contributed by atoms with E-state index in [1.54, 1.807) is 42.4 Å². The molecule has 0 saturated heterocycles. The van der Waals surface area contributed by atoms with Crippen molar-refractivity contribution in [3.05, 3.63) is 90.1 Å². The molecule has 1 N–H and O–H groups in total. The predicted molar refractivity (Wildman–Crippen MR) is 110 cm³/mol. The largest absolute Gasteiger partial charge is 0.493 e. The monoisotopic (exact) mass is 404 g/mol. The van der Waals surface area contributed by atoms with Crippen molar-refractivity contribution in [2.24, 2.45) is 0 Å². The third-order valence-corrected chi connectivity index (χ3v) is 4.27. The Morgan fingerprint density at radius 3 is 2.60 bits per heavy atom. The maximum absolute atomic E-state index is 12.4. The Morgan fingerprint density at radius 2 is 1.80 bits per heavy atom. The van der Waals surface area contributed by atoms with Crippen molar-refractivity contribution in [2.75, 3.05) is 12.4 Å². The van der Waals surface area contributed by atoms with Crippen LogP contribution in [0.1, 0.15) is 21.9 Å². The molecule has 1 amide bonds. The minimum atomic E-state index is -0.434. The molecule has 0 radical (unpaired) electrons. The zero-order valence-corrected chi connectivity index (χ0v) is 16.3. The maximum Gasteiger partial charge on any atom is 0.293 e. The quantitative estimate of drug-likeness (QED) is 0.481. The molecule has 152 valence electrons. The molecule has 0 saturated carbocycles. The molecule has 0 atom stereocenters. The van der Waals surface area contributed by atoms with Gasteiger partial charge in [-0.2, -0.15) is 0 Å². The molecule has 0 bridgehead atoms. The fraction of sp³-hybridized carbons (Fsp3) is 0.136. The van der Waals surface area contributed by atoms with Gasteiger partial charge in [0.15, 0.2) is 17.3 Å². The number of ether oxygens (including phenoxy) is 2. The van der Waals surface area contributed by atoms with Crippen LogP contribution in [0.2, 0.25) is 0 Å². The first-order chi connectivity index (χ1) is 14.7. The lowest BCUT2D eigenvalue weighted by molar-refractivity contribution is 0.0991. The van der Waals surface area contributed by atoms with E-state index in [4.69, 9.17) is 13.9 Å². The Bertz CT molecular complexity index is 1120. The average Bonchev–Trinajstić information content (AvgIpc) is 3.43. The average molecular weight is 404 g/mol. The second-order valence-corrected chi connectivity index (χ2v) is 6.41. The number of carbonyl (C=O) groups excluding carboxylic acids is 1. The van der Waals surface area contributed by atoms with E-state index in [0.29, 0.717) is 23.8 Å². The van der Waals surface area contributed by atoms with Gasteiger partial charge in [-0.25, -0.2) is 9.67 Å². The lowest BCUT2D eigenvalue weighted by atomic mass is 10.2. The summed E-state index contributed by atoms with van der Waals surface area (Å²) in [4.78, 5) is 16.5. The van der Waals surface area contributed by atoms with Crippen LogP contribution >= 0.6 is 0 Å². The minimum Gasteiger partial charge on any atom is -0.493 e. The maximum atomic E-state index is 12.4. The van der Waals surface area contributed by atoms with Gasteiger partial charge in [0.1, 0.15) is 18.7 Å². The number of hydrogen-bond donors (Lipinski definition) is 1. The highest BCUT2D eigenvalue weighted by Crippen LogP contribution is 2.26. The van der Waals surface area contributed by atoms with E-state index < -0.39 is 5.91 Å². The van der Waals surface area contributed by atoms with E-state index in [2.05, 4.69) is 15.4 Å². The highest BCUT2D eigenvalue weighted by Gasteiger charge is 2.14. The standard InChI is InChI=1S/C22H20N4O4/c1-28-18-9-5-6-10-19(18)29-14-17-11-12-20(30-17)21(27)24-22-23-15-26(25-22)13-16-7-3-2-4-8-16/h2-12,15H,13-14H2,1H3,(H,24,25,27). The molecule has 0 aliphatic rings. The van der Waals surface area contributed by atoms with Gasteiger partial charge in [0.25, 0.3) is 5.91 Å². The number of methoxy groups -OCH3 is 1. The Kier molecular flexibility index (Phi) is 5.75. The topological polar surface area (TPSA) is 91.4 Å². The lowest BCUT2D eigenvalue weighted by Crippen LogP contribution is -2.12. The number of anilines is 1. The molecule has 0 unspecified atom stereocenters. The van der Waals surface area contributed by atoms with E-state index in [1.165, 1.54) is 0 Å². The van der Waals surface area contributed by atoms with Crippen LogP contribution in [-0.4, -0.2) is 27.8 Å². The van der Waals surface area contributed by atoms with Crippen LogP contribution in [-0.2, 0) is 13.2 Å². The van der Waals surface area contributed by atoms with Gasteiger partial charge in [-0.3, -0.25) is 10.1 Å². The molecule has 2 aromatic carbocycles. The molecule has 30 heavy (non-hydrogen) atoms. The lowest BCUT2D eigenvalue weighted by Gasteiger charge is -2.08. The zero-order chi connectivity index (χ0) is 20.8. The van der Waals surface area contributed by atoms with Crippen LogP contribution < -0.4 is 14.8 Å².